The molecule has 0 aliphatic rings. The number of carbonyl (C=O) groups is 2. The molecule has 0 aliphatic heterocycles. The Kier molecular flexibility index (Phi) is 4.64. The minimum absolute atomic E-state index is 0.495. The molecule has 1 aromatic rings. The van der Waals surface area contributed by atoms with Crippen LogP contribution in [0.4, 0.5) is 8.78 Å². The van der Waals surface area contributed by atoms with Crippen LogP contribution >= 0.6 is 0 Å². The van der Waals surface area contributed by atoms with E-state index in [0.29, 0.717) is 6.92 Å². The van der Waals surface area contributed by atoms with Gasteiger partial charge in [-0.3, -0.25) is 4.55 Å². The Hall–Kier alpha value is -2.07. The highest BCUT2D eigenvalue weighted by atomic mass is 32.2. The number of benzene rings is 1. The Morgan fingerprint density at radius 3 is 2.14 bits per heavy atom. The molecule has 2 N–H and O–H groups in total. The summed E-state index contributed by atoms with van der Waals surface area (Å²) in [5.41, 5.74) is -1.02. The Labute approximate surface area is 117 Å². The lowest BCUT2D eigenvalue weighted by molar-refractivity contribution is -0.0550. The minimum Gasteiger partial charge on any atom is -0.478 e. The van der Waals surface area contributed by atoms with Gasteiger partial charge >= 0.3 is 27.3 Å². The molecule has 21 heavy (non-hydrogen) atoms. The van der Waals surface area contributed by atoms with Crippen LogP contribution in [-0.2, 0) is 14.9 Å². The van der Waals surface area contributed by atoms with Crippen molar-refractivity contribution >= 4 is 22.1 Å². The lowest BCUT2D eigenvalue weighted by Crippen LogP contribution is -2.42. The van der Waals surface area contributed by atoms with E-state index in [4.69, 9.17) is 9.66 Å². The van der Waals surface area contributed by atoms with E-state index in [0.717, 1.165) is 12.1 Å². The zero-order valence-corrected chi connectivity index (χ0v) is 11.3. The number of alkyl halides is 2. The van der Waals surface area contributed by atoms with E-state index in [1.807, 2.05) is 0 Å². The van der Waals surface area contributed by atoms with Gasteiger partial charge in [0, 0.05) is 0 Å². The lowest BCUT2D eigenvalue weighted by atomic mass is 10.1. The van der Waals surface area contributed by atoms with Gasteiger partial charge in [0.2, 0.25) is 0 Å². The van der Waals surface area contributed by atoms with Gasteiger partial charge in [-0.05, 0) is 19.1 Å². The van der Waals surface area contributed by atoms with Crippen LogP contribution in [-0.4, -0.2) is 41.4 Å². The molecule has 0 aliphatic carbocycles. The van der Waals surface area contributed by atoms with E-state index < -0.39 is 44.5 Å². The van der Waals surface area contributed by atoms with Gasteiger partial charge in [0.05, 0.1) is 11.1 Å². The summed E-state index contributed by atoms with van der Waals surface area (Å²) in [4.78, 5) is 22.5. The molecule has 0 aromatic heterocycles. The van der Waals surface area contributed by atoms with Crippen LogP contribution in [0, 0.1) is 0 Å². The van der Waals surface area contributed by atoms with E-state index in [9.17, 15) is 26.8 Å². The maximum Gasteiger partial charge on any atom is 0.405 e. The second-order valence-corrected chi connectivity index (χ2v) is 5.43. The first-order chi connectivity index (χ1) is 9.48. The van der Waals surface area contributed by atoms with E-state index in [-0.39, 0.29) is 0 Å². The van der Waals surface area contributed by atoms with Crippen molar-refractivity contribution in [2.24, 2.45) is 0 Å². The van der Waals surface area contributed by atoms with Crippen molar-refractivity contribution in [1.82, 2.24) is 0 Å². The predicted octanol–water partition coefficient (Wildman–Crippen LogP) is 1.41. The number of carboxylic acid groups (broad SMARTS) is 1. The van der Waals surface area contributed by atoms with Crippen LogP contribution in [0.15, 0.2) is 24.3 Å². The molecule has 0 spiro atoms. The van der Waals surface area contributed by atoms with Crippen LogP contribution < -0.4 is 0 Å². The normalized spacial score (nSPS) is 13.5. The molecule has 0 amide bonds. The highest BCUT2D eigenvalue weighted by molar-refractivity contribution is 7.86. The van der Waals surface area contributed by atoms with Crippen molar-refractivity contribution in [3.05, 3.63) is 35.4 Å². The standard InChI is InChI=1S/C11H10F2O7S/c1-6(11(12,13)21(17,18)19)20-10(16)8-5-3-2-4-7(8)9(14)15/h2-6H,1H3,(H,14,15)(H,17,18,19). The SMILES string of the molecule is CC(OC(=O)c1ccccc1C(=O)O)C(F)(F)S(=O)(=O)O. The van der Waals surface area contributed by atoms with Gasteiger partial charge < -0.3 is 9.84 Å². The molecule has 0 radical (unpaired) electrons. The molecule has 0 saturated heterocycles. The Balaban J connectivity index is 3.06. The van der Waals surface area contributed by atoms with Crippen LogP contribution in [0.25, 0.3) is 0 Å². The second kappa shape index (κ2) is 5.74. The number of aromatic carboxylic acids is 1. The second-order valence-electron chi connectivity index (χ2n) is 3.94. The first-order valence-corrected chi connectivity index (χ1v) is 6.80. The summed E-state index contributed by atoms with van der Waals surface area (Å²) in [6.45, 7) is 0.551. The number of esters is 1. The van der Waals surface area contributed by atoms with E-state index in [2.05, 4.69) is 4.74 Å². The van der Waals surface area contributed by atoms with Crippen LogP contribution in [0.5, 0.6) is 0 Å². The van der Waals surface area contributed by atoms with Crippen molar-refractivity contribution < 1.29 is 41.2 Å². The monoisotopic (exact) mass is 324 g/mol. The van der Waals surface area contributed by atoms with Gasteiger partial charge in [-0.15, -0.1) is 0 Å². The lowest BCUT2D eigenvalue weighted by Gasteiger charge is -2.21. The summed E-state index contributed by atoms with van der Waals surface area (Å²) in [7, 11) is -5.78. The van der Waals surface area contributed by atoms with Gasteiger partial charge in [-0.2, -0.15) is 17.2 Å². The van der Waals surface area contributed by atoms with Gasteiger partial charge in [-0.25, -0.2) is 9.59 Å². The first kappa shape index (κ1) is 17.0. The highest BCUT2D eigenvalue weighted by Crippen LogP contribution is 2.28. The summed E-state index contributed by atoms with van der Waals surface area (Å²) in [5, 5.41) is 4.12. The molecular formula is C11H10F2O7S. The van der Waals surface area contributed by atoms with Crippen LogP contribution in [0.1, 0.15) is 27.6 Å². The average molecular weight is 324 g/mol. The molecule has 1 unspecified atom stereocenters. The zero-order valence-electron chi connectivity index (χ0n) is 10.5. The number of halogens is 2. The van der Waals surface area contributed by atoms with Crippen molar-refractivity contribution in [1.29, 1.82) is 0 Å². The summed E-state index contributed by atoms with van der Waals surface area (Å²) in [6.07, 6.45) is -2.51. The minimum atomic E-state index is -5.78. The zero-order chi connectivity index (χ0) is 16.4. The van der Waals surface area contributed by atoms with E-state index in [1.165, 1.54) is 12.1 Å². The van der Waals surface area contributed by atoms with Gasteiger partial charge in [0.15, 0.2) is 6.10 Å². The third-order valence-corrected chi connectivity index (χ3v) is 3.50. The molecule has 1 aromatic carbocycles. The van der Waals surface area contributed by atoms with E-state index >= 15 is 0 Å². The van der Waals surface area contributed by atoms with Crippen LogP contribution in [0.2, 0.25) is 0 Å². The molecule has 7 nitrogen and oxygen atoms in total. The summed E-state index contributed by atoms with van der Waals surface area (Å²) < 4.78 is 60.1. The molecule has 0 fully saturated rings. The molecule has 10 heteroatoms. The third kappa shape index (κ3) is 3.52. The summed E-state index contributed by atoms with van der Waals surface area (Å²) >= 11 is 0. The number of rotatable bonds is 5. The Bertz CT molecular complexity index is 669. The number of carboxylic acids is 1. The van der Waals surface area contributed by atoms with Gasteiger partial charge in [0.1, 0.15) is 0 Å². The third-order valence-electron chi connectivity index (χ3n) is 2.48. The van der Waals surface area contributed by atoms with Crippen molar-refractivity contribution in [2.75, 3.05) is 0 Å². The maximum absolute atomic E-state index is 13.2. The fraction of sp³-hybridized carbons (Fsp3) is 0.273. The topological polar surface area (TPSA) is 118 Å². The molecule has 1 atom stereocenters. The average Bonchev–Trinajstić information content (AvgIpc) is 2.37. The molecule has 0 saturated carbocycles. The summed E-state index contributed by atoms with van der Waals surface area (Å²) in [5.74, 6) is -2.94. The maximum atomic E-state index is 13.2. The molecule has 0 bridgehead atoms. The molecule has 0 heterocycles. The molecule has 116 valence electrons. The Morgan fingerprint density at radius 1 is 1.24 bits per heavy atom. The number of hydrogen-bond donors (Lipinski definition) is 2. The summed E-state index contributed by atoms with van der Waals surface area (Å²) in [6, 6.07) is 4.64. The Morgan fingerprint density at radius 2 is 1.71 bits per heavy atom. The smallest absolute Gasteiger partial charge is 0.405 e. The number of carbonyl (C=O) groups excluding carboxylic acids is 1. The first-order valence-electron chi connectivity index (χ1n) is 5.36. The van der Waals surface area contributed by atoms with Gasteiger partial charge in [0.25, 0.3) is 0 Å². The molecule has 1 rings (SSSR count). The van der Waals surface area contributed by atoms with Crippen molar-refractivity contribution in [3.63, 3.8) is 0 Å². The number of ether oxygens (including phenoxy) is 1. The number of hydrogen-bond acceptors (Lipinski definition) is 5. The quantitative estimate of drug-likeness (QED) is 0.621. The predicted molar refractivity (Wildman–Crippen MR) is 64.8 cm³/mol. The fourth-order valence-electron chi connectivity index (χ4n) is 1.35. The van der Waals surface area contributed by atoms with Crippen molar-refractivity contribution in [2.45, 2.75) is 18.3 Å². The van der Waals surface area contributed by atoms with Crippen molar-refractivity contribution in [3.8, 4) is 0 Å². The van der Waals surface area contributed by atoms with Crippen LogP contribution in [0.3, 0.4) is 0 Å². The van der Waals surface area contributed by atoms with E-state index in [1.54, 1.807) is 0 Å². The van der Waals surface area contributed by atoms with Gasteiger partial charge in [-0.1, -0.05) is 12.1 Å². The highest BCUT2D eigenvalue weighted by Gasteiger charge is 2.52. The molecular weight excluding hydrogens is 314 g/mol. The fourth-order valence-corrected chi connectivity index (χ4v) is 1.82. The largest absolute Gasteiger partial charge is 0.478 e.